The van der Waals surface area contributed by atoms with Crippen molar-refractivity contribution in [3.63, 3.8) is 0 Å². The fourth-order valence-corrected chi connectivity index (χ4v) is 2.64. The third-order valence-electron chi connectivity index (χ3n) is 3.01. The van der Waals surface area contributed by atoms with Crippen LogP contribution in [-0.4, -0.2) is 40.5 Å². The lowest BCUT2D eigenvalue weighted by molar-refractivity contribution is -0.0245. The topological polar surface area (TPSA) is 55.3 Å². The minimum absolute atomic E-state index is 0.0201. The number of aromatic nitrogens is 2. The Hall–Kier alpha value is -1.79. The molecule has 1 fully saturated rings. The highest BCUT2D eigenvalue weighted by Gasteiger charge is 2.27. The molecule has 0 bridgehead atoms. The second-order valence-electron chi connectivity index (χ2n) is 4.23. The van der Waals surface area contributed by atoms with E-state index in [0.717, 1.165) is 5.69 Å². The molecule has 1 aliphatic heterocycles. The summed E-state index contributed by atoms with van der Waals surface area (Å²) in [6.07, 6.45) is 3.20. The Morgan fingerprint density at radius 1 is 1.47 bits per heavy atom. The molecule has 0 aliphatic carbocycles. The van der Waals surface area contributed by atoms with E-state index in [9.17, 15) is 4.79 Å². The van der Waals surface area contributed by atoms with Crippen LogP contribution in [0.4, 0.5) is 0 Å². The van der Waals surface area contributed by atoms with Crippen LogP contribution in [0.2, 0.25) is 0 Å². The predicted molar refractivity (Wildman–Crippen MR) is 70.9 cm³/mol. The average Bonchev–Trinajstić information content (AvgIpc) is 3.02. The number of pyridine rings is 1. The van der Waals surface area contributed by atoms with E-state index in [-0.39, 0.29) is 12.0 Å². The number of ether oxygens (including phenoxy) is 1. The number of hydrogen-bond donors (Lipinski definition) is 0. The number of nitrogens with zero attached hydrogens (tertiary/aromatic N) is 3. The molecular weight excluding hydrogens is 262 g/mol. The average molecular weight is 275 g/mol. The molecule has 3 rings (SSSR count). The van der Waals surface area contributed by atoms with Gasteiger partial charge in [-0.1, -0.05) is 6.07 Å². The minimum Gasteiger partial charge on any atom is -0.368 e. The fraction of sp³-hybridized carbons (Fsp3) is 0.308. The summed E-state index contributed by atoms with van der Waals surface area (Å²) in [5.41, 5.74) is 2.54. The van der Waals surface area contributed by atoms with Gasteiger partial charge in [-0.3, -0.25) is 14.8 Å². The Morgan fingerprint density at radius 2 is 2.42 bits per heavy atom. The molecule has 1 aliphatic rings. The van der Waals surface area contributed by atoms with Crippen molar-refractivity contribution in [1.82, 2.24) is 14.9 Å². The van der Waals surface area contributed by atoms with Gasteiger partial charge in [0.1, 0.15) is 11.0 Å². The van der Waals surface area contributed by atoms with Gasteiger partial charge in [0.05, 0.1) is 30.6 Å². The molecule has 0 radical (unpaired) electrons. The highest BCUT2D eigenvalue weighted by molar-refractivity contribution is 7.11. The van der Waals surface area contributed by atoms with Crippen LogP contribution in [0.5, 0.6) is 0 Å². The molecule has 2 aromatic rings. The number of carbonyl (C=O) groups excluding carboxylic acids is 1. The number of rotatable bonds is 2. The highest BCUT2D eigenvalue weighted by Crippen LogP contribution is 2.22. The first-order valence-electron chi connectivity index (χ1n) is 6.05. The summed E-state index contributed by atoms with van der Waals surface area (Å²) in [4.78, 5) is 23.0. The lowest BCUT2D eigenvalue weighted by atomic mass is 10.2. The van der Waals surface area contributed by atoms with Gasteiger partial charge >= 0.3 is 0 Å². The molecule has 0 aromatic carbocycles. The molecular formula is C13H13N3O2S. The first kappa shape index (κ1) is 12.3. The maximum Gasteiger partial charge on any atom is 0.265 e. The minimum atomic E-state index is -0.146. The van der Waals surface area contributed by atoms with Crippen LogP contribution in [0.15, 0.2) is 36.1 Å². The van der Waals surface area contributed by atoms with Crippen LogP contribution < -0.4 is 0 Å². The smallest absolute Gasteiger partial charge is 0.265 e. The Labute approximate surface area is 114 Å². The molecule has 0 spiro atoms. The summed E-state index contributed by atoms with van der Waals surface area (Å²) >= 11 is 1.36. The first-order chi connectivity index (χ1) is 9.34. The number of thiazole rings is 1. The summed E-state index contributed by atoms with van der Waals surface area (Å²) in [6.45, 7) is 1.68. The zero-order valence-electron chi connectivity index (χ0n) is 10.2. The molecule has 0 saturated carbocycles. The normalized spacial score (nSPS) is 19.4. The van der Waals surface area contributed by atoms with Crippen LogP contribution in [0.3, 0.4) is 0 Å². The van der Waals surface area contributed by atoms with Crippen LogP contribution in [0, 0.1) is 0 Å². The summed E-state index contributed by atoms with van der Waals surface area (Å²) in [5.74, 6) is 0.0201. The largest absolute Gasteiger partial charge is 0.368 e. The molecule has 0 unspecified atom stereocenters. The summed E-state index contributed by atoms with van der Waals surface area (Å²) in [5, 5.41) is 0. The molecule has 6 heteroatoms. The molecule has 3 heterocycles. The van der Waals surface area contributed by atoms with Crippen LogP contribution in [-0.2, 0) is 4.74 Å². The van der Waals surface area contributed by atoms with Gasteiger partial charge in [0, 0.05) is 12.7 Å². The number of amides is 1. The van der Waals surface area contributed by atoms with Crippen molar-refractivity contribution in [2.24, 2.45) is 0 Å². The van der Waals surface area contributed by atoms with Crippen molar-refractivity contribution in [2.75, 3.05) is 19.7 Å². The van der Waals surface area contributed by atoms with Gasteiger partial charge in [0.15, 0.2) is 0 Å². The molecule has 1 saturated heterocycles. The lowest BCUT2D eigenvalue weighted by Crippen LogP contribution is -2.42. The van der Waals surface area contributed by atoms with Gasteiger partial charge in [-0.2, -0.15) is 0 Å². The van der Waals surface area contributed by atoms with E-state index >= 15 is 0 Å². The molecule has 98 valence electrons. The molecule has 19 heavy (non-hydrogen) atoms. The Morgan fingerprint density at radius 3 is 3.16 bits per heavy atom. The lowest BCUT2D eigenvalue weighted by Gasteiger charge is -2.32. The molecule has 0 N–H and O–H groups in total. The first-order valence-corrected chi connectivity index (χ1v) is 6.93. The van der Waals surface area contributed by atoms with Gasteiger partial charge in [-0.25, -0.2) is 0 Å². The zero-order valence-corrected chi connectivity index (χ0v) is 11.0. The molecule has 1 atom stereocenters. The van der Waals surface area contributed by atoms with Gasteiger partial charge in [-0.15, -0.1) is 11.3 Å². The Bertz CT molecular complexity index is 544. The van der Waals surface area contributed by atoms with Crippen LogP contribution in [0.1, 0.15) is 21.5 Å². The van der Waals surface area contributed by atoms with Crippen molar-refractivity contribution in [2.45, 2.75) is 6.10 Å². The van der Waals surface area contributed by atoms with E-state index < -0.39 is 0 Å². The van der Waals surface area contributed by atoms with E-state index in [1.54, 1.807) is 22.8 Å². The zero-order chi connectivity index (χ0) is 13.1. The van der Waals surface area contributed by atoms with Crippen molar-refractivity contribution < 1.29 is 9.53 Å². The second-order valence-corrected chi connectivity index (χ2v) is 5.12. The summed E-state index contributed by atoms with van der Waals surface area (Å²) < 4.78 is 5.69. The maximum atomic E-state index is 12.3. The van der Waals surface area contributed by atoms with Gasteiger partial charge < -0.3 is 9.64 Å². The highest BCUT2D eigenvalue weighted by atomic mass is 32.1. The van der Waals surface area contributed by atoms with Crippen molar-refractivity contribution in [3.05, 3.63) is 46.7 Å². The van der Waals surface area contributed by atoms with E-state index in [0.29, 0.717) is 24.6 Å². The van der Waals surface area contributed by atoms with Crippen molar-refractivity contribution >= 4 is 17.2 Å². The van der Waals surface area contributed by atoms with E-state index in [4.69, 9.17) is 4.74 Å². The van der Waals surface area contributed by atoms with Crippen molar-refractivity contribution in [3.8, 4) is 0 Å². The fourth-order valence-electron chi connectivity index (χ4n) is 2.06. The predicted octanol–water partition coefficient (Wildman–Crippen LogP) is 1.75. The second kappa shape index (κ2) is 5.46. The third kappa shape index (κ3) is 2.64. The van der Waals surface area contributed by atoms with Gasteiger partial charge in [-0.05, 0) is 12.1 Å². The van der Waals surface area contributed by atoms with E-state index in [1.165, 1.54) is 11.3 Å². The molecule has 2 aromatic heterocycles. The number of hydrogen-bond acceptors (Lipinski definition) is 5. The third-order valence-corrected chi connectivity index (χ3v) is 3.78. The Kier molecular flexibility index (Phi) is 3.52. The van der Waals surface area contributed by atoms with E-state index in [1.807, 2.05) is 18.2 Å². The van der Waals surface area contributed by atoms with Gasteiger partial charge in [0.25, 0.3) is 5.91 Å². The van der Waals surface area contributed by atoms with Crippen LogP contribution in [0.25, 0.3) is 0 Å². The summed E-state index contributed by atoms with van der Waals surface area (Å²) in [7, 11) is 0. The SMILES string of the molecule is O=C(c1cncs1)N1CCO[C@H](c2ccccn2)C1. The monoisotopic (exact) mass is 275 g/mol. The maximum absolute atomic E-state index is 12.3. The quantitative estimate of drug-likeness (QED) is 0.838. The van der Waals surface area contributed by atoms with Gasteiger partial charge in [0.2, 0.25) is 0 Å². The van der Waals surface area contributed by atoms with Crippen molar-refractivity contribution in [1.29, 1.82) is 0 Å². The summed E-state index contributed by atoms with van der Waals surface area (Å²) in [6, 6.07) is 5.72. The van der Waals surface area contributed by atoms with Crippen LogP contribution >= 0.6 is 11.3 Å². The standard InChI is InChI=1S/C13H13N3O2S/c17-13(12-7-14-9-19-12)16-5-6-18-11(8-16)10-3-1-2-4-15-10/h1-4,7,9,11H,5-6,8H2/t11-/m0/s1. The van der Waals surface area contributed by atoms with E-state index in [2.05, 4.69) is 9.97 Å². The Balaban J connectivity index is 1.73. The number of carbonyl (C=O) groups is 1. The molecule has 5 nitrogen and oxygen atoms in total. The molecule has 1 amide bonds. The number of morpholine rings is 1.